The van der Waals surface area contributed by atoms with E-state index >= 15 is 0 Å². The smallest absolute Gasteiger partial charge is 0.321 e. The van der Waals surface area contributed by atoms with E-state index in [2.05, 4.69) is 45.0 Å². The summed E-state index contributed by atoms with van der Waals surface area (Å²) in [5.41, 5.74) is 8.29. The Morgan fingerprint density at radius 2 is 1.95 bits per heavy atom. The molecular formula is C17H27NO2S. The van der Waals surface area contributed by atoms with Gasteiger partial charge in [-0.25, -0.2) is 0 Å². The van der Waals surface area contributed by atoms with Gasteiger partial charge in [-0.3, -0.25) is 4.79 Å². The van der Waals surface area contributed by atoms with Crippen molar-refractivity contribution in [1.82, 2.24) is 0 Å². The van der Waals surface area contributed by atoms with Crippen LogP contribution in [0.3, 0.4) is 0 Å². The highest BCUT2D eigenvalue weighted by atomic mass is 32.2. The number of thioether (sulfide) groups is 1. The van der Waals surface area contributed by atoms with Crippen molar-refractivity contribution >= 4 is 17.7 Å². The average molecular weight is 309 g/mol. The van der Waals surface area contributed by atoms with Crippen LogP contribution < -0.4 is 5.73 Å². The van der Waals surface area contributed by atoms with Gasteiger partial charge in [0.15, 0.2) is 0 Å². The molecule has 118 valence electrons. The maximum Gasteiger partial charge on any atom is 0.321 e. The number of nitrogens with two attached hydrogens (primary N) is 1. The summed E-state index contributed by atoms with van der Waals surface area (Å²) in [5, 5.41) is 8.74. The lowest BCUT2D eigenvalue weighted by Gasteiger charge is -2.25. The molecule has 0 unspecified atom stereocenters. The van der Waals surface area contributed by atoms with Crippen molar-refractivity contribution < 1.29 is 9.90 Å². The largest absolute Gasteiger partial charge is 0.480 e. The molecule has 4 heteroatoms. The number of hydrogen-bond donors (Lipinski definition) is 2. The molecule has 0 spiro atoms. The topological polar surface area (TPSA) is 63.3 Å². The van der Waals surface area contributed by atoms with Crippen molar-refractivity contribution in [3.8, 4) is 0 Å². The number of carboxylic acids is 1. The van der Waals surface area contributed by atoms with Crippen molar-refractivity contribution in [3.05, 3.63) is 35.4 Å². The zero-order valence-corrected chi connectivity index (χ0v) is 14.1. The Hall–Kier alpha value is -1.00. The molecule has 0 heterocycles. The van der Waals surface area contributed by atoms with Crippen molar-refractivity contribution in [1.29, 1.82) is 0 Å². The van der Waals surface area contributed by atoms with E-state index in [0.29, 0.717) is 5.75 Å². The number of hydrogen-bond acceptors (Lipinski definition) is 3. The molecular weight excluding hydrogens is 282 g/mol. The van der Waals surface area contributed by atoms with Gasteiger partial charge in [0.1, 0.15) is 6.04 Å². The first-order valence-electron chi connectivity index (χ1n) is 7.52. The van der Waals surface area contributed by atoms with Gasteiger partial charge in [0.25, 0.3) is 0 Å². The number of carboxylic acid groups (broad SMARTS) is 1. The second kappa shape index (κ2) is 8.44. The maximum absolute atomic E-state index is 10.6. The van der Waals surface area contributed by atoms with Gasteiger partial charge in [-0.1, -0.05) is 57.9 Å². The maximum atomic E-state index is 10.6. The molecule has 0 aliphatic heterocycles. The van der Waals surface area contributed by atoms with Crippen LogP contribution in [0.5, 0.6) is 0 Å². The number of benzene rings is 1. The van der Waals surface area contributed by atoms with Crippen LogP contribution in [0, 0.1) is 0 Å². The number of rotatable bonds is 9. The van der Waals surface area contributed by atoms with Crippen molar-refractivity contribution in [2.24, 2.45) is 5.73 Å². The van der Waals surface area contributed by atoms with E-state index in [-0.39, 0.29) is 5.41 Å². The number of carbonyl (C=O) groups is 1. The van der Waals surface area contributed by atoms with Gasteiger partial charge in [0.2, 0.25) is 0 Å². The lowest BCUT2D eigenvalue weighted by atomic mass is 9.80. The summed E-state index contributed by atoms with van der Waals surface area (Å²) >= 11 is 1.56. The molecule has 1 aromatic rings. The first-order valence-corrected chi connectivity index (χ1v) is 8.68. The minimum atomic E-state index is -0.935. The first kappa shape index (κ1) is 18.1. The third kappa shape index (κ3) is 6.10. The van der Waals surface area contributed by atoms with Crippen molar-refractivity contribution in [3.63, 3.8) is 0 Å². The Morgan fingerprint density at radius 3 is 2.48 bits per heavy atom. The lowest BCUT2D eigenvalue weighted by molar-refractivity contribution is -0.137. The highest BCUT2D eigenvalue weighted by Crippen LogP contribution is 2.29. The summed E-state index contributed by atoms with van der Waals surface area (Å²) in [6.45, 7) is 6.80. The lowest BCUT2D eigenvalue weighted by Crippen LogP contribution is -2.32. The van der Waals surface area contributed by atoms with Crippen molar-refractivity contribution in [2.45, 2.75) is 57.2 Å². The van der Waals surface area contributed by atoms with Crippen molar-refractivity contribution in [2.75, 3.05) is 5.75 Å². The predicted molar refractivity (Wildman–Crippen MR) is 90.8 cm³/mol. The van der Waals surface area contributed by atoms with E-state index in [1.807, 2.05) is 0 Å². The van der Waals surface area contributed by atoms with Crippen LogP contribution in [0.4, 0.5) is 0 Å². The molecule has 0 saturated carbocycles. The third-order valence-corrected chi connectivity index (χ3v) is 4.91. The van der Waals surface area contributed by atoms with Crippen LogP contribution in [-0.2, 0) is 16.0 Å². The van der Waals surface area contributed by atoms with Gasteiger partial charge in [-0.15, -0.1) is 0 Å². The summed E-state index contributed by atoms with van der Waals surface area (Å²) in [4.78, 5) is 10.6. The third-order valence-electron chi connectivity index (χ3n) is 3.77. The minimum absolute atomic E-state index is 0.216. The summed E-state index contributed by atoms with van der Waals surface area (Å²) < 4.78 is 0. The van der Waals surface area contributed by atoms with Gasteiger partial charge in [-0.05, 0) is 23.0 Å². The summed E-state index contributed by atoms with van der Waals surface area (Å²) in [7, 11) is 0. The molecule has 21 heavy (non-hydrogen) atoms. The van der Waals surface area contributed by atoms with Crippen LogP contribution in [0.2, 0.25) is 0 Å². The Kier molecular flexibility index (Phi) is 7.26. The van der Waals surface area contributed by atoms with Crippen LogP contribution in [-0.4, -0.2) is 22.9 Å². The molecule has 0 saturated heterocycles. The monoisotopic (exact) mass is 309 g/mol. The minimum Gasteiger partial charge on any atom is -0.480 e. The highest BCUT2D eigenvalue weighted by molar-refractivity contribution is 7.98. The Bertz CT molecular complexity index is 443. The Labute approximate surface area is 132 Å². The van der Waals surface area contributed by atoms with E-state index in [1.54, 1.807) is 11.8 Å². The fourth-order valence-corrected chi connectivity index (χ4v) is 3.13. The summed E-state index contributed by atoms with van der Waals surface area (Å²) in [5.74, 6) is 0.311. The molecule has 3 N–H and O–H groups in total. The average Bonchev–Trinajstić information content (AvgIpc) is 2.45. The zero-order chi connectivity index (χ0) is 15.9. The van der Waals surface area contributed by atoms with Gasteiger partial charge in [-0.2, -0.15) is 11.8 Å². The molecule has 0 amide bonds. The highest BCUT2D eigenvalue weighted by Gasteiger charge is 2.19. The van der Waals surface area contributed by atoms with Crippen LogP contribution >= 0.6 is 11.8 Å². The van der Waals surface area contributed by atoms with E-state index in [1.165, 1.54) is 30.4 Å². The summed E-state index contributed by atoms with van der Waals surface area (Å²) in [6.07, 6.45) is 3.67. The molecule has 0 bridgehead atoms. The second-order valence-corrected chi connectivity index (χ2v) is 7.17. The van der Waals surface area contributed by atoms with Gasteiger partial charge < -0.3 is 10.8 Å². The fraction of sp³-hybridized carbons (Fsp3) is 0.588. The van der Waals surface area contributed by atoms with E-state index in [4.69, 9.17) is 10.8 Å². The van der Waals surface area contributed by atoms with Crippen LogP contribution in [0.15, 0.2) is 24.3 Å². The number of unbranched alkanes of at least 4 members (excludes halogenated alkanes) is 1. The second-order valence-electron chi connectivity index (χ2n) is 6.14. The standard InChI is InChI=1S/C17H27NO2S/c1-4-5-10-17(2,3)14-8-6-13(7-9-14)11-21-12-15(18)16(19)20/h6-9,15H,4-5,10-12,18H2,1-3H3,(H,19,20)/t15-/m0/s1. The van der Waals surface area contributed by atoms with Crippen LogP contribution in [0.1, 0.15) is 51.2 Å². The van der Waals surface area contributed by atoms with Crippen LogP contribution in [0.25, 0.3) is 0 Å². The Balaban J connectivity index is 2.52. The molecule has 1 rings (SSSR count). The molecule has 0 aromatic heterocycles. The molecule has 0 aliphatic carbocycles. The fourth-order valence-electron chi connectivity index (χ4n) is 2.19. The summed E-state index contributed by atoms with van der Waals surface area (Å²) in [6, 6.07) is 7.90. The number of aliphatic carboxylic acids is 1. The molecule has 0 radical (unpaired) electrons. The Morgan fingerprint density at radius 1 is 1.33 bits per heavy atom. The SMILES string of the molecule is CCCCC(C)(C)c1ccc(CSC[C@H](N)C(=O)O)cc1. The van der Waals surface area contributed by atoms with E-state index in [9.17, 15) is 4.79 Å². The van der Waals surface area contributed by atoms with E-state index in [0.717, 1.165) is 5.75 Å². The predicted octanol–water partition coefficient (Wildman–Crippen LogP) is 3.80. The zero-order valence-electron chi connectivity index (χ0n) is 13.3. The van der Waals surface area contributed by atoms with Gasteiger partial charge in [0.05, 0.1) is 0 Å². The molecule has 1 aromatic carbocycles. The van der Waals surface area contributed by atoms with Gasteiger partial charge >= 0.3 is 5.97 Å². The molecule has 0 fully saturated rings. The van der Waals surface area contributed by atoms with Gasteiger partial charge in [0, 0.05) is 11.5 Å². The van der Waals surface area contributed by atoms with E-state index < -0.39 is 12.0 Å². The molecule has 1 atom stereocenters. The normalized spacial score (nSPS) is 13.1. The first-order chi connectivity index (χ1) is 9.86. The quantitative estimate of drug-likeness (QED) is 0.728. The molecule has 0 aliphatic rings. The molecule has 3 nitrogen and oxygen atoms in total.